The van der Waals surface area contributed by atoms with Crippen molar-refractivity contribution in [1.29, 1.82) is 0 Å². The molecule has 0 spiro atoms. The fourth-order valence-corrected chi connectivity index (χ4v) is 3.79. The first kappa shape index (κ1) is 16.4. The number of fused-ring (bicyclic) bond motifs is 2. The molecule has 0 radical (unpaired) electrons. The highest BCUT2D eigenvalue weighted by Gasteiger charge is 2.55. The van der Waals surface area contributed by atoms with Gasteiger partial charge in [0.1, 0.15) is 5.78 Å². The normalized spacial score (nSPS) is 33.2. The topological polar surface area (TPSA) is 35.5 Å². The Kier molecular flexibility index (Phi) is 4.43. The molecule has 2 aliphatic rings. The van der Waals surface area contributed by atoms with E-state index in [9.17, 15) is 4.79 Å². The molecule has 1 saturated heterocycles. The molecular weight excluding hydrogens is 288 g/mol. The molecule has 0 N–H and O–H groups in total. The SMILES string of the molecule is CC(C)[C@@H]1C(=O)[C@@H](C)[C@]2(C)O[C@H]1C=C2COCc1ccccc1. The lowest BCUT2D eigenvalue weighted by Crippen LogP contribution is -2.52. The minimum absolute atomic E-state index is 0.0373. The highest BCUT2D eigenvalue weighted by atomic mass is 16.5. The maximum Gasteiger partial charge on any atom is 0.145 e. The van der Waals surface area contributed by atoms with Gasteiger partial charge in [-0.25, -0.2) is 0 Å². The summed E-state index contributed by atoms with van der Waals surface area (Å²) in [5, 5.41) is 0. The molecule has 124 valence electrons. The van der Waals surface area contributed by atoms with Gasteiger partial charge in [-0.15, -0.1) is 0 Å². The zero-order valence-electron chi connectivity index (χ0n) is 14.4. The highest BCUT2D eigenvalue weighted by molar-refractivity contribution is 5.87. The van der Waals surface area contributed by atoms with Crippen LogP contribution < -0.4 is 0 Å². The fourth-order valence-electron chi connectivity index (χ4n) is 3.79. The molecule has 0 unspecified atom stereocenters. The van der Waals surface area contributed by atoms with Crippen molar-refractivity contribution in [2.45, 2.75) is 46.0 Å². The van der Waals surface area contributed by atoms with Gasteiger partial charge < -0.3 is 9.47 Å². The number of carbonyl (C=O) groups is 1. The molecule has 1 aromatic carbocycles. The van der Waals surface area contributed by atoms with E-state index < -0.39 is 5.60 Å². The maximum absolute atomic E-state index is 12.7. The van der Waals surface area contributed by atoms with E-state index >= 15 is 0 Å². The molecule has 2 heterocycles. The summed E-state index contributed by atoms with van der Waals surface area (Å²) in [6, 6.07) is 10.1. The molecule has 2 bridgehead atoms. The summed E-state index contributed by atoms with van der Waals surface area (Å²) < 4.78 is 12.2. The van der Waals surface area contributed by atoms with Gasteiger partial charge in [0.2, 0.25) is 0 Å². The molecule has 0 aliphatic carbocycles. The van der Waals surface area contributed by atoms with Crippen molar-refractivity contribution >= 4 is 5.78 Å². The Hall–Kier alpha value is -1.45. The number of Topliss-reactive ketones (excluding diaryl/α,β-unsaturated/α-hetero) is 1. The smallest absolute Gasteiger partial charge is 0.145 e. The van der Waals surface area contributed by atoms with Crippen LogP contribution in [0.4, 0.5) is 0 Å². The zero-order valence-corrected chi connectivity index (χ0v) is 14.4. The fraction of sp³-hybridized carbons (Fsp3) is 0.550. The molecule has 0 saturated carbocycles. The van der Waals surface area contributed by atoms with Crippen molar-refractivity contribution < 1.29 is 14.3 Å². The van der Waals surface area contributed by atoms with Crippen LogP contribution in [0.15, 0.2) is 42.0 Å². The summed E-state index contributed by atoms with van der Waals surface area (Å²) in [6.07, 6.45) is 2.04. The number of hydrogen-bond donors (Lipinski definition) is 0. The number of carbonyl (C=O) groups excluding carboxylic acids is 1. The van der Waals surface area contributed by atoms with Crippen LogP contribution in [-0.4, -0.2) is 24.1 Å². The lowest BCUT2D eigenvalue weighted by Gasteiger charge is -2.42. The van der Waals surface area contributed by atoms with Crippen LogP contribution in [-0.2, 0) is 20.9 Å². The Balaban J connectivity index is 1.71. The van der Waals surface area contributed by atoms with E-state index in [1.807, 2.05) is 32.0 Å². The predicted octanol–water partition coefficient (Wildman–Crippen LogP) is 3.78. The quantitative estimate of drug-likeness (QED) is 0.776. The number of ether oxygens (including phenoxy) is 2. The van der Waals surface area contributed by atoms with Crippen LogP contribution in [0.5, 0.6) is 0 Å². The van der Waals surface area contributed by atoms with E-state index in [2.05, 4.69) is 32.1 Å². The first-order valence-corrected chi connectivity index (χ1v) is 8.48. The van der Waals surface area contributed by atoms with Crippen LogP contribution >= 0.6 is 0 Å². The number of hydrogen-bond acceptors (Lipinski definition) is 3. The monoisotopic (exact) mass is 314 g/mol. The van der Waals surface area contributed by atoms with E-state index in [1.165, 1.54) is 0 Å². The van der Waals surface area contributed by atoms with Crippen molar-refractivity contribution in [1.82, 2.24) is 0 Å². The third-order valence-electron chi connectivity index (χ3n) is 5.41. The van der Waals surface area contributed by atoms with E-state index in [4.69, 9.17) is 9.47 Å². The van der Waals surface area contributed by atoms with Gasteiger partial charge in [-0.3, -0.25) is 4.79 Å². The van der Waals surface area contributed by atoms with Gasteiger partial charge in [-0.1, -0.05) is 57.2 Å². The molecular formula is C20H26O3. The average Bonchev–Trinajstić information content (AvgIpc) is 2.81. The van der Waals surface area contributed by atoms with Gasteiger partial charge in [-0.05, 0) is 24.0 Å². The molecule has 23 heavy (non-hydrogen) atoms. The van der Waals surface area contributed by atoms with E-state index in [0.717, 1.165) is 11.1 Å². The highest BCUT2D eigenvalue weighted by Crippen LogP contribution is 2.47. The number of rotatable bonds is 5. The second-order valence-electron chi connectivity index (χ2n) is 7.25. The van der Waals surface area contributed by atoms with Crippen molar-refractivity contribution in [3.63, 3.8) is 0 Å². The first-order chi connectivity index (χ1) is 10.9. The predicted molar refractivity (Wildman–Crippen MR) is 90.0 cm³/mol. The molecule has 0 aromatic heterocycles. The zero-order chi connectivity index (χ0) is 16.6. The van der Waals surface area contributed by atoms with Gasteiger partial charge >= 0.3 is 0 Å². The van der Waals surface area contributed by atoms with Crippen LogP contribution in [0.1, 0.15) is 33.3 Å². The molecule has 2 aliphatic heterocycles. The summed E-state index contributed by atoms with van der Waals surface area (Å²) in [7, 11) is 0. The van der Waals surface area contributed by atoms with E-state index in [1.54, 1.807) is 0 Å². The minimum Gasteiger partial charge on any atom is -0.372 e. The summed E-state index contributed by atoms with van der Waals surface area (Å²) in [4.78, 5) is 12.7. The second-order valence-corrected chi connectivity index (χ2v) is 7.25. The van der Waals surface area contributed by atoms with Crippen LogP contribution in [0.25, 0.3) is 0 Å². The molecule has 3 rings (SSSR count). The van der Waals surface area contributed by atoms with Crippen LogP contribution in [0.2, 0.25) is 0 Å². The van der Waals surface area contributed by atoms with Crippen molar-refractivity contribution in [2.75, 3.05) is 6.61 Å². The van der Waals surface area contributed by atoms with Gasteiger partial charge in [-0.2, -0.15) is 0 Å². The van der Waals surface area contributed by atoms with Crippen molar-refractivity contribution in [2.24, 2.45) is 17.8 Å². The molecule has 0 amide bonds. The van der Waals surface area contributed by atoms with E-state index in [0.29, 0.717) is 24.9 Å². The third-order valence-corrected chi connectivity index (χ3v) is 5.41. The van der Waals surface area contributed by atoms with E-state index in [-0.39, 0.29) is 17.9 Å². The molecule has 3 nitrogen and oxygen atoms in total. The Morgan fingerprint density at radius 3 is 2.57 bits per heavy atom. The van der Waals surface area contributed by atoms with Crippen molar-refractivity contribution in [3.05, 3.63) is 47.5 Å². The summed E-state index contributed by atoms with van der Waals surface area (Å²) in [5.74, 6) is 0.457. The maximum atomic E-state index is 12.7. The molecule has 3 heteroatoms. The average molecular weight is 314 g/mol. The lowest BCUT2D eigenvalue weighted by molar-refractivity contribution is -0.162. The van der Waals surface area contributed by atoms with Crippen LogP contribution in [0, 0.1) is 17.8 Å². The minimum atomic E-state index is -0.510. The van der Waals surface area contributed by atoms with Gasteiger partial charge in [0, 0.05) is 5.92 Å². The van der Waals surface area contributed by atoms with Gasteiger partial charge in [0.15, 0.2) is 0 Å². The van der Waals surface area contributed by atoms with Gasteiger partial charge in [0.25, 0.3) is 0 Å². The lowest BCUT2D eigenvalue weighted by atomic mass is 9.74. The Morgan fingerprint density at radius 1 is 1.22 bits per heavy atom. The third kappa shape index (κ3) is 2.88. The van der Waals surface area contributed by atoms with Crippen molar-refractivity contribution in [3.8, 4) is 0 Å². The molecule has 1 aromatic rings. The second kappa shape index (κ2) is 6.21. The Morgan fingerprint density at radius 2 is 1.91 bits per heavy atom. The summed E-state index contributed by atoms with van der Waals surface area (Å²) in [5.41, 5.74) is 1.76. The Labute approximate surface area is 138 Å². The molecule has 4 atom stereocenters. The van der Waals surface area contributed by atoms with Gasteiger partial charge in [0.05, 0.1) is 30.8 Å². The molecule has 1 fully saturated rings. The summed E-state index contributed by atoms with van der Waals surface area (Å²) >= 11 is 0. The number of benzene rings is 1. The first-order valence-electron chi connectivity index (χ1n) is 8.48. The summed E-state index contributed by atoms with van der Waals surface area (Å²) in [6.45, 7) is 9.31. The number of ketones is 1. The Bertz CT molecular complexity index is 605. The largest absolute Gasteiger partial charge is 0.372 e. The van der Waals surface area contributed by atoms with Crippen LogP contribution in [0.3, 0.4) is 0 Å². The standard InChI is InChI=1S/C20H26O3/c1-13(2)18-17-10-16(20(4,23-17)14(3)19(18)21)12-22-11-15-8-6-5-7-9-15/h5-10,13-14,17-18H,11-12H2,1-4H3/t14-,17+,18+,20+/m1/s1.